The summed E-state index contributed by atoms with van der Waals surface area (Å²) in [6.45, 7) is 0.0614. The molecule has 6 nitrogen and oxygen atoms in total. The second-order valence-corrected chi connectivity index (χ2v) is 1.75. The van der Waals surface area contributed by atoms with Crippen LogP contribution in [-0.2, 0) is 28.6 Å². The van der Waals surface area contributed by atoms with Gasteiger partial charge in [0.25, 0.3) is 6.47 Å². The Balaban J connectivity index is 4.63. The van der Waals surface area contributed by atoms with Crippen molar-refractivity contribution in [1.29, 1.82) is 0 Å². The van der Waals surface area contributed by atoms with Crippen molar-refractivity contribution >= 4 is 18.4 Å². The molecule has 0 bridgehead atoms. The number of esters is 2. The first-order valence-corrected chi connectivity index (χ1v) is 3.13. The molecule has 0 rings (SSSR count). The molecular formula is C7H8O6. The fraction of sp³-hybridized carbons (Fsp3) is 0.286. The van der Waals surface area contributed by atoms with Crippen LogP contribution in [0.25, 0.3) is 0 Å². The lowest BCUT2D eigenvalue weighted by Crippen LogP contribution is -2.16. The van der Waals surface area contributed by atoms with Gasteiger partial charge in [0, 0.05) is 0 Å². The van der Waals surface area contributed by atoms with Crippen LogP contribution < -0.4 is 0 Å². The van der Waals surface area contributed by atoms with Gasteiger partial charge in [0.2, 0.25) is 0 Å². The standard InChI is InChI=1S/C7H8O6/c1-11-6(9)5(3-13-4-8)7(10)12-2/h3-4H,1-2H3. The number of hydrogen-bond acceptors (Lipinski definition) is 6. The topological polar surface area (TPSA) is 78.9 Å². The first kappa shape index (κ1) is 11.2. The minimum atomic E-state index is -0.936. The van der Waals surface area contributed by atoms with Crippen molar-refractivity contribution in [3.63, 3.8) is 0 Å². The van der Waals surface area contributed by atoms with Gasteiger partial charge in [0.15, 0.2) is 5.57 Å². The fourth-order valence-electron chi connectivity index (χ4n) is 0.495. The van der Waals surface area contributed by atoms with E-state index >= 15 is 0 Å². The molecule has 0 heterocycles. The summed E-state index contributed by atoms with van der Waals surface area (Å²) in [5.74, 6) is -1.87. The Morgan fingerprint density at radius 3 is 1.85 bits per heavy atom. The van der Waals surface area contributed by atoms with Gasteiger partial charge in [-0.15, -0.1) is 0 Å². The lowest BCUT2D eigenvalue weighted by molar-refractivity contribution is -0.144. The quantitative estimate of drug-likeness (QED) is 0.111. The molecule has 0 saturated heterocycles. The monoisotopic (exact) mass is 188 g/mol. The highest BCUT2D eigenvalue weighted by Gasteiger charge is 2.20. The van der Waals surface area contributed by atoms with E-state index in [2.05, 4.69) is 14.2 Å². The second-order valence-electron chi connectivity index (χ2n) is 1.75. The Morgan fingerprint density at radius 2 is 1.54 bits per heavy atom. The Morgan fingerprint density at radius 1 is 1.08 bits per heavy atom. The minimum Gasteiger partial charge on any atom is -0.465 e. The predicted octanol–water partition coefficient (Wildman–Crippen LogP) is -0.611. The molecule has 0 aliphatic heterocycles. The van der Waals surface area contributed by atoms with Crippen LogP contribution in [0.15, 0.2) is 11.8 Å². The van der Waals surface area contributed by atoms with E-state index in [9.17, 15) is 14.4 Å². The largest absolute Gasteiger partial charge is 0.465 e. The van der Waals surface area contributed by atoms with Gasteiger partial charge in [-0.25, -0.2) is 9.59 Å². The summed E-state index contributed by atoms with van der Waals surface area (Å²) in [4.78, 5) is 31.4. The lowest BCUT2D eigenvalue weighted by atomic mass is 10.3. The molecule has 0 atom stereocenters. The molecule has 0 spiro atoms. The maximum absolute atomic E-state index is 10.8. The van der Waals surface area contributed by atoms with E-state index in [4.69, 9.17) is 0 Å². The maximum atomic E-state index is 10.8. The van der Waals surface area contributed by atoms with Gasteiger partial charge in [0.05, 0.1) is 14.2 Å². The Hall–Kier alpha value is -1.85. The van der Waals surface area contributed by atoms with Gasteiger partial charge in [-0.2, -0.15) is 0 Å². The molecule has 72 valence electrons. The first-order valence-electron chi connectivity index (χ1n) is 3.13. The summed E-state index contributed by atoms with van der Waals surface area (Å²) in [5, 5.41) is 0. The van der Waals surface area contributed by atoms with E-state index in [0.717, 1.165) is 14.2 Å². The summed E-state index contributed by atoms with van der Waals surface area (Å²) in [7, 11) is 2.17. The minimum absolute atomic E-state index is 0.0614. The number of ether oxygens (including phenoxy) is 3. The summed E-state index contributed by atoms with van der Waals surface area (Å²) < 4.78 is 12.6. The van der Waals surface area contributed by atoms with E-state index in [-0.39, 0.29) is 6.47 Å². The van der Waals surface area contributed by atoms with Gasteiger partial charge < -0.3 is 14.2 Å². The lowest BCUT2D eigenvalue weighted by Gasteiger charge is -2.01. The fourth-order valence-corrected chi connectivity index (χ4v) is 0.495. The van der Waals surface area contributed by atoms with Crippen molar-refractivity contribution in [2.24, 2.45) is 0 Å². The first-order chi connectivity index (χ1) is 6.17. The van der Waals surface area contributed by atoms with Gasteiger partial charge in [-0.05, 0) is 0 Å². The van der Waals surface area contributed by atoms with Crippen molar-refractivity contribution in [3.8, 4) is 0 Å². The second kappa shape index (κ2) is 5.76. The van der Waals surface area contributed by atoms with Crippen LogP contribution >= 0.6 is 0 Å². The summed E-state index contributed by atoms with van der Waals surface area (Å²) >= 11 is 0. The van der Waals surface area contributed by atoms with Gasteiger partial charge in [-0.3, -0.25) is 4.79 Å². The van der Waals surface area contributed by atoms with Gasteiger partial charge in [-0.1, -0.05) is 0 Å². The third-order valence-corrected chi connectivity index (χ3v) is 1.05. The molecule has 0 saturated carbocycles. The highest BCUT2D eigenvalue weighted by molar-refractivity contribution is 6.13. The average molecular weight is 188 g/mol. The van der Waals surface area contributed by atoms with E-state index in [0.29, 0.717) is 6.26 Å². The van der Waals surface area contributed by atoms with Crippen LogP contribution in [0, 0.1) is 0 Å². The van der Waals surface area contributed by atoms with E-state index in [1.54, 1.807) is 0 Å². The molecule has 0 aromatic carbocycles. The van der Waals surface area contributed by atoms with Crippen molar-refractivity contribution in [3.05, 3.63) is 11.8 Å². The maximum Gasteiger partial charge on any atom is 0.348 e. The third kappa shape index (κ3) is 3.37. The van der Waals surface area contributed by atoms with Crippen LogP contribution in [0.2, 0.25) is 0 Å². The smallest absolute Gasteiger partial charge is 0.348 e. The zero-order valence-corrected chi connectivity index (χ0v) is 7.10. The number of carbonyl (C=O) groups is 3. The van der Waals surface area contributed by atoms with Gasteiger partial charge >= 0.3 is 11.9 Å². The normalized spacial score (nSPS) is 8.15. The molecule has 0 unspecified atom stereocenters. The summed E-state index contributed by atoms with van der Waals surface area (Å²) in [5.41, 5.74) is -0.489. The Bertz CT molecular complexity index is 223. The van der Waals surface area contributed by atoms with Gasteiger partial charge in [0.1, 0.15) is 6.26 Å². The molecule has 0 aliphatic rings. The predicted molar refractivity (Wildman–Crippen MR) is 39.3 cm³/mol. The van der Waals surface area contributed by atoms with E-state index in [1.165, 1.54) is 0 Å². The van der Waals surface area contributed by atoms with E-state index < -0.39 is 17.5 Å². The molecular weight excluding hydrogens is 180 g/mol. The highest BCUT2D eigenvalue weighted by Crippen LogP contribution is 2.00. The van der Waals surface area contributed by atoms with Crippen molar-refractivity contribution in [1.82, 2.24) is 0 Å². The molecule has 0 aromatic heterocycles. The molecule has 0 N–H and O–H groups in total. The Kier molecular flexibility index (Phi) is 4.94. The SMILES string of the molecule is COC(=O)C(=COC=O)C(=O)OC. The molecule has 0 radical (unpaired) electrons. The summed E-state index contributed by atoms with van der Waals surface area (Å²) in [6.07, 6.45) is 0.657. The molecule has 13 heavy (non-hydrogen) atoms. The van der Waals surface area contributed by atoms with Crippen LogP contribution in [0.3, 0.4) is 0 Å². The Labute approximate surface area is 74.1 Å². The molecule has 0 aromatic rings. The molecule has 0 aliphatic carbocycles. The van der Waals surface area contributed by atoms with Crippen molar-refractivity contribution < 1.29 is 28.6 Å². The number of hydrogen-bond donors (Lipinski definition) is 0. The van der Waals surface area contributed by atoms with E-state index in [1.807, 2.05) is 0 Å². The molecule has 6 heteroatoms. The molecule has 0 amide bonds. The van der Waals surface area contributed by atoms with Crippen molar-refractivity contribution in [2.75, 3.05) is 14.2 Å². The zero-order chi connectivity index (χ0) is 10.3. The third-order valence-electron chi connectivity index (χ3n) is 1.05. The van der Waals surface area contributed by atoms with Crippen LogP contribution in [0.5, 0.6) is 0 Å². The van der Waals surface area contributed by atoms with Crippen molar-refractivity contribution in [2.45, 2.75) is 0 Å². The highest BCUT2D eigenvalue weighted by atomic mass is 16.5. The van der Waals surface area contributed by atoms with Crippen LogP contribution in [0.4, 0.5) is 0 Å². The van der Waals surface area contributed by atoms with Crippen LogP contribution in [-0.4, -0.2) is 32.6 Å². The number of rotatable bonds is 4. The average Bonchev–Trinajstić information content (AvgIpc) is 2.17. The zero-order valence-electron chi connectivity index (χ0n) is 7.10. The summed E-state index contributed by atoms with van der Waals surface area (Å²) in [6, 6.07) is 0. The van der Waals surface area contributed by atoms with Crippen LogP contribution in [0.1, 0.15) is 0 Å². The number of carbonyl (C=O) groups excluding carboxylic acids is 3. The molecule has 0 fully saturated rings. The number of methoxy groups -OCH3 is 2.